The first-order valence-corrected chi connectivity index (χ1v) is 12.0. The third kappa shape index (κ3) is 4.95. The van der Waals surface area contributed by atoms with Crippen LogP contribution in [0.3, 0.4) is 0 Å². The standard InChI is InChI=1S/C28H28FNO5/c29-23-16-21(32)17-24-26(23)27(33)25(18-4-8-20(31)9-5-18)28(35-24)19-6-10-22(11-7-19)34-15-14-30-12-2-1-3-13-30/h4-11,16-17,25,28,31-32H,1-3,12-15H2/t25-,28-/m1/s1. The molecule has 2 aliphatic heterocycles. The number of hydrogen-bond acceptors (Lipinski definition) is 6. The van der Waals surface area contributed by atoms with Crippen molar-refractivity contribution in [2.45, 2.75) is 31.3 Å². The van der Waals surface area contributed by atoms with E-state index in [4.69, 9.17) is 9.47 Å². The number of hydrogen-bond donors (Lipinski definition) is 2. The van der Waals surface area contributed by atoms with Gasteiger partial charge in [-0.15, -0.1) is 0 Å². The highest BCUT2D eigenvalue weighted by atomic mass is 19.1. The quantitative estimate of drug-likeness (QED) is 0.508. The summed E-state index contributed by atoms with van der Waals surface area (Å²) >= 11 is 0. The second-order valence-electron chi connectivity index (χ2n) is 9.09. The molecule has 0 aromatic heterocycles. The molecule has 7 heteroatoms. The number of rotatable bonds is 6. The minimum absolute atomic E-state index is 0.00869. The minimum Gasteiger partial charge on any atom is -0.508 e. The smallest absolute Gasteiger partial charge is 0.181 e. The van der Waals surface area contributed by atoms with E-state index in [1.54, 1.807) is 12.1 Å². The van der Waals surface area contributed by atoms with E-state index in [2.05, 4.69) is 4.90 Å². The largest absolute Gasteiger partial charge is 0.508 e. The normalized spacial score (nSPS) is 20.2. The second-order valence-corrected chi connectivity index (χ2v) is 9.09. The fourth-order valence-electron chi connectivity index (χ4n) is 4.90. The van der Waals surface area contributed by atoms with Crippen LogP contribution in [0.25, 0.3) is 0 Å². The summed E-state index contributed by atoms with van der Waals surface area (Å²) in [6, 6.07) is 15.8. The zero-order valence-corrected chi connectivity index (χ0v) is 19.3. The molecule has 2 N–H and O–H groups in total. The van der Waals surface area contributed by atoms with Gasteiger partial charge in [0.2, 0.25) is 0 Å². The lowest BCUT2D eigenvalue weighted by Crippen LogP contribution is -2.33. The molecule has 2 heterocycles. The van der Waals surface area contributed by atoms with Crippen molar-refractivity contribution < 1.29 is 28.9 Å². The summed E-state index contributed by atoms with van der Waals surface area (Å²) in [6.45, 7) is 3.72. The van der Waals surface area contributed by atoms with Crippen LogP contribution >= 0.6 is 0 Å². The Morgan fingerprint density at radius 1 is 0.914 bits per heavy atom. The number of likely N-dealkylation sites (tertiary alicyclic amines) is 1. The zero-order chi connectivity index (χ0) is 24.4. The Morgan fingerprint density at radius 2 is 1.60 bits per heavy atom. The van der Waals surface area contributed by atoms with E-state index >= 15 is 0 Å². The van der Waals surface area contributed by atoms with Crippen LogP contribution in [0.2, 0.25) is 0 Å². The molecule has 0 bridgehead atoms. The second kappa shape index (κ2) is 9.96. The molecule has 0 unspecified atom stereocenters. The highest BCUT2D eigenvalue weighted by molar-refractivity contribution is 6.05. The van der Waals surface area contributed by atoms with Crippen LogP contribution in [-0.4, -0.2) is 47.1 Å². The van der Waals surface area contributed by atoms with Crippen LogP contribution in [0.15, 0.2) is 60.7 Å². The summed E-state index contributed by atoms with van der Waals surface area (Å²) in [4.78, 5) is 15.9. The fraction of sp³-hybridized carbons (Fsp3) is 0.321. The first-order chi connectivity index (χ1) is 17.0. The molecule has 2 atom stereocenters. The van der Waals surface area contributed by atoms with Gasteiger partial charge in [-0.2, -0.15) is 0 Å². The average molecular weight is 478 g/mol. The molecule has 3 aromatic rings. The zero-order valence-electron chi connectivity index (χ0n) is 19.3. The molecule has 0 radical (unpaired) electrons. The van der Waals surface area contributed by atoms with Crippen LogP contribution in [0.5, 0.6) is 23.0 Å². The van der Waals surface area contributed by atoms with Crippen LogP contribution in [-0.2, 0) is 0 Å². The molecule has 1 saturated heterocycles. The maximum atomic E-state index is 14.7. The first-order valence-electron chi connectivity index (χ1n) is 12.0. The van der Waals surface area contributed by atoms with Crippen molar-refractivity contribution >= 4 is 5.78 Å². The van der Waals surface area contributed by atoms with Crippen molar-refractivity contribution in [2.24, 2.45) is 0 Å². The van der Waals surface area contributed by atoms with Gasteiger partial charge in [0.1, 0.15) is 41.5 Å². The average Bonchev–Trinajstić information content (AvgIpc) is 2.85. The SMILES string of the molecule is O=C1c2c(F)cc(O)cc2O[C@H](c2ccc(OCCN3CCCCC3)cc2)[C@@H]1c1ccc(O)cc1. The number of phenols is 2. The molecule has 0 saturated carbocycles. The maximum absolute atomic E-state index is 14.7. The molecule has 3 aromatic carbocycles. The molecule has 0 spiro atoms. The number of Topliss-reactive ketones (excluding diaryl/α,β-unsaturated/α-hetero) is 1. The number of phenolic OH excluding ortho intramolecular Hbond substituents is 2. The van der Waals surface area contributed by atoms with E-state index in [0.717, 1.165) is 31.5 Å². The van der Waals surface area contributed by atoms with Gasteiger partial charge in [-0.05, 0) is 61.3 Å². The third-order valence-corrected chi connectivity index (χ3v) is 6.71. The topological polar surface area (TPSA) is 79.2 Å². The molecule has 0 amide bonds. The van der Waals surface area contributed by atoms with E-state index in [0.29, 0.717) is 17.7 Å². The van der Waals surface area contributed by atoms with Gasteiger partial charge in [0.05, 0.1) is 11.5 Å². The minimum atomic E-state index is -0.829. The number of benzene rings is 3. The Kier molecular flexibility index (Phi) is 6.59. The third-order valence-electron chi connectivity index (χ3n) is 6.71. The molecule has 0 aliphatic carbocycles. The molecule has 6 nitrogen and oxygen atoms in total. The number of fused-ring (bicyclic) bond motifs is 1. The summed E-state index contributed by atoms with van der Waals surface area (Å²) in [5, 5.41) is 19.6. The van der Waals surface area contributed by atoms with Gasteiger partial charge >= 0.3 is 0 Å². The van der Waals surface area contributed by atoms with E-state index in [1.165, 1.54) is 37.5 Å². The number of ketones is 1. The number of aromatic hydroxyl groups is 2. The van der Waals surface area contributed by atoms with Gasteiger partial charge in [0.25, 0.3) is 0 Å². The van der Waals surface area contributed by atoms with Crippen LogP contribution in [0, 0.1) is 5.82 Å². The van der Waals surface area contributed by atoms with Gasteiger partial charge in [-0.1, -0.05) is 30.7 Å². The van der Waals surface area contributed by atoms with Crippen molar-refractivity contribution in [3.8, 4) is 23.0 Å². The first kappa shape index (κ1) is 23.2. The van der Waals surface area contributed by atoms with Crippen molar-refractivity contribution in [1.82, 2.24) is 4.90 Å². The predicted octanol–water partition coefficient (Wildman–Crippen LogP) is 5.20. The lowest BCUT2D eigenvalue weighted by Gasteiger charge is -2.33. The number of piperidine rings is 1. The summed E-state index contributed by atoms with van der Waals surface area (Å²) in [7, 11) is 0. The van der Waals surface area contributed by atoms with Gasteiger partial charge < -0.3 is 19.7 Å². The number of carbonyl (C=O) groups is 1. The van der Waals surface area contributed by atoms with Crippen molar-refractivity contribution in [3.63, 3.8) is 0 Å². The van der Waals surface area contributed by atoms with Gasteiger partial charge in [-0.25, -0.2) is 4.39 Å². The van der Waals surface area contributed by atoms with Crippen LogP contribution in [0.4, 0.5) is 4.39 Å². The van der Waals surface area contributed by atoms with Gasteiger partial charge in [-0.3, -0.25) is 9.69 Å². The van der Waals surface area contributed by atoms with E-state index in [9.17, 15) is 19.4 Å². The number of halogens is 1. The van der Waals surface area contributed by atoms with Crippen LogP contribution in [0.1, 0.15) is 52.8 Å². The van der Waals surface area contributed by atoms with Gasteiger partial charge in [0, 0.05) is 18.7 Å². The number of ether oxygens (including phenoxy) is 2. The van der Waals surface area contributed by atoms with Crippen molar-refractivity contribution in [1.29, 1.82) is 0 Å². The summed E-state index contributed by atoms with van der Waals surface area (Å²) in [5.41, 5.74) is 1.13. The molecule has 2 aliphatic rings. The molecule has 1 fully saturated rings. The van der Waals surface area contributed by atoms with Crippen molar-refractivity contribution in [2.75, 3.05) is 26.2 Å². The number of carbonyl (C=O) groups excluding carboxylic acids is 1. The van der Waals surface area contributed by atoms with Gasteiger partial charge in [0.15, 0.2) is 5.78 Å². The fourth-order valence-corrected chi connectivity index (χ4v) is 4.90. The lowest BCUT2D eigenvalue weighted by molar-refractivity contribution is 0.0773. The Labute approximate surface area is 203 Å². The molecule has 35 heavy (non-hydrogen) atoms. The highest BCUT2D eigenvalue weighted by Crippen LogP contribution is 2.46. The summed E-state index contributed by atoms with van der Waals surface area (Å²) < 4.78 is 26.7. The molecular weight excluding hydrogens is 449 g/mol. The molecule has 5 rings (SSSR count). The Bertz CT molecular complexity index is 1190. The van der Waals surface area contributed by atoms with E-state index in [1.807, 2.05) is 24.3 Å². The lowest BCUT2D eigenvalue weighted by atomic mass is 9.81. The van der Waals surface area contributed by atoms with Crippen molar-refractivity contribution in [3.05, 3.63) is 83.2 Å². The maximum Gasteiger partial charge on any atom is 0.181 e. The van der Waals surface area contributed by atoms with Crippen LogP contribution < -0.4 is 9.47 Å². The monoisotopic (exact) mass is 477 g/mol. The predicted molar refractivity (Wildman–Crippen MR) is 129 cm³/mol. The molecular formula is C28H28FNO5. The van der Waals surface area contributed by atoms with E-state index in [-0.39, 0.29) is 22.8 Å². The van der Waals surface area contributed by atoms with E-state index < -0.39 is 23.6 Å². The Hall–Kier alpha value is -3.58. The number of nitrogens with zero attached hydrogens (tertiary/aromatic N) is 1. The summed E-state index contributed by atoms with van der Waals surface area (Å²) in [6.07, 6.45) is 3.03. The Balaban J connectivity index is 1.39. The summed E-state index contributed by atoms with van der Waals surface area (Å²) in [5.74, 6) is -1.61. The highest BCUT2D eigenvalue weighted by Gasteiger charge is 2.41. The Morgan fingerprint density at radius 3 is 2.31 bits per heavy atom. The molecule has 182 valence electrons.